The highest BCUT2D eigenvalue weighted by Gasteiger charge is 2.21. The molecule has 0 unspecified atom stereocenters. The zero-order valence-electron chi connectivity index (χ0n) is 24.4. The summed E-state index contributed by atoms with van der Waals surface area (Å²) in [5.74, 6) is 0. The highest BCUT2D eigenvalue weighted by molar-refractivity contribution is 7.26. The molecule has 212 valence electrons. The lowest BCUT2D eigenvalue weighted by atomic mass is 9.98. The van der Waals surface area contributed by atoms with E-state index in [4.69, 9.17) is 0 Å². The topological polar surface area (TPSA) is 3.24 Å². The third kappa shape index (κ3) is 4.43. The van der Waals surface area contributed by atoms with E-state index < -0.39 is 0 Å². The highest BCUT2D eigenvalue weighted by atomic mass is 32.1. The standard InChI is InChI=1S/C42H27NS2/c1-3-11-28(12-4-1)29-19-21-31(22-20-29)43(32-23-26-40-36(27-32)34-15-7-9-17-38(34)44-40)37-25-24-33(30-13-5-2-6-14-30)41-35-16-8-10-18-39(35)45-42(37)41/h1-27H. The largest absolute Gasteiger partial charge is 0.309 e. The maximum atomic E-state index is 2.45. The van der Waals surface area contributed by atoms with E-state index in [0.29, 0.717) is 0 Å². The first-order chi connectivity index (χ1) is 22.3. The molecule has 0 saturated heterocycles. The minimum absolute atomic E-state index is 1.14. The third-order valence-electron chi connectivity index (χ3n) is 8.68. The molecule has 0 aliphatic heterocycles. The molecule has 1 nitrogen and oxygen atoms in total. The van der Waals surface area contributed by atoms with Gasteiger partial charge < -0.3 is 4.90 Å². The van der Waals surface area contributed by atoms with Crippen molar-refractivity contribution in [2.75, 3.05) is 4.90 Å². The molecule has 0 amide bonds. The fourth-order valence-corrected chi connectivity index (χ4v) is 8.88. The van der Waals surface area contributed by atoms with Crippen molar-refractivity contribution in [2.24, 2.45) is 0 Å². The average molecular weight is 610 g/mol. The van der Waals surface area contributed by atoms with Gasteiger partial charge in [0.2, 0.25) is 0 Å². The van der Waals surface area contributed by atoms with E-state index in [0.717, 1.165) is 11.4 Å². The van der Waals surface area contributed by atoms with Crippen LogP contribution in [0.5, 0.6) is 0 Å². The summed E-state index contributed by atoms with van der Waals surface area (Å²) >= 11 is 3.74. The average Bonchev–Trinajstić information content (AvgIpc) is 3.69. The Balaban J connectivity index is 1.31. The summed E-state index contributed by atoms with van der Waals surface area (Å²) < 4.78 is 5.23. The van der Waals surface area contributed by atoms with Gasteiger partial charge in [-0.3, -0.25) is 0 Å². The van der Waals surface area contributed by atoms with E-state index in [1.165, 1.54) is 68.3 Å². The summed E-state index contributed by atoms with van der Waals surface area (Å²) in [6.45, 7) is 0. The number of benzene rings is 7. The Kier molecular flexibility index (Phi) is 6.26. The van der Waals surface area contributed by atoms with Gasteiger partial charge in [0.25, 0.3) is 0 Å². The third-order valence-corrected chi connectivity index (χ3v) is 11.0. The van der Waals surface area contributed by atoms with Gasteiger partial charge in [-0.05, 0) is 70.8 Å². The molecule has 0 N–H and O–H groups in total. The number of hydrogen-bond donors (Lipinski definition) is 0. The summed E-state index contributed by atoms with van der Waals surface area (Å²) in [5, 5.41) is 5.22. The number of fused-ring (bicyclic) bond motifs is 6. The molecule has 3 heteroatoms. The van der Waals surface area contributed by atoms with Gasteiger partial charge in [0.05, 0.1) is 10.4 Å². The molecular weight excluding hydrogens is 583 g/mol. The molecule has 9 rings (SSSR count). The summed E-state index contributed by atoms with van der Waals surface area (Å²) in [7, 11) is 0. The maximum Gasteiger partial charge on any atom is 0.0640 e. The van der Waals surface area contributed by atoms with Crippen LogP contribution >= 0.6 is 22.7 Å². The van der Waals surface area contributed by atoms with Gasteiger partial charge in [-0.15, -0.1) is 22.7 Å². The van der Waals surface area contributed by atoms with Crippen molar-refractivity contribution in [3.63, 3.8) is 0 Å². The summed E-state index contributed by atoms with van der Waals surface area (Å²) in [5.41, 5.74) is 8.43. The first kappa shape index (κ1) is 26.2. The van der Waals surface area contributed by atoms with Crippen LogP contribution in [0.2, 0.25) is 0 Å². The van der Waals surface area contributed by atoms with Gasteiger partial charge in [0.15, 0.2) is 0 Å². The summed E-state index contributed by atoms with van der Waals surface area (Å²) in [6.07, 6.45) is 0. The number of anilines is 3. The fourth-order valence-electron chi connectivity index (χ4n) is 6.56. The lowest BCUT2D eigenvalue weighted by Gasteiger charge is -2.27. The second-order valence-corrected chi connectivity index (χ2v) is 13.5. The SMILES string of the molecule is c1ccc(-c2ccc(N(c3ccc4sc5ccccc5c4c3)c3ccc(-c4ccccc4)c4c3sc3ccccc34)cc2)cc1. The van der Waals surface area contributed by atoms with E-state index in [1.807, 2.05) is 22.7 Å². The molecule has 9 aromatic rings. The Morgan fingerprint density at radius 1 is 0.378 bits per heavy atom. The van der Waals surface area contributed by atoms with Crippen LogP contribution in [0.25, 0.3) is 62.6 Å². The van der Waals surface area contributed by atoms with Crippen LogP contribution in [0.3, 0.4) is 0 Å². The molecule has 2 aromatic heterocycles. The van der Waals surface area contributed by atoms with Crippen LogP contribution in [-0.4, -0.2) is 0 Å². The zero-order valence-corrected chi connectivity index (χ0v) is 26.0. The zero-order chi connectivity index (χ0) is 29.7. The molecule has 45 heavy (non-hydrogen) atoms. The molecule has 0 spiro atoms. The minimum atomic E-state index is 1.14. The minimum Gasteiger partial charge on any atom is -0.309 e. The molecule has 0 aliphatic carbocycles. The van der Waals surface area contributed by atoms with Gasteiger partial charge >= 0.3 is 0 Å². The Hall–Kier alpha value is -5.22. The first-order valence-electron chi connectivity index (χ1n) is 15.2. The van der Waals surface area contributed by atoms with Crippen molar-refractivity contribution in [2.45, 2.75) is 0 Å². The Morgan fingerprint density at radius 2 is 0.956 bits per heavy atom. The van der Waals surface area contributed by atoms with Crippen LogP contribution < -0.4 is 4.90 Å². The number of rotatable bonds is 5. The lowest BCUT2D eigenvalue weighted by Crippen LogP contribution is -2.10. The van der Waals surface area contributed by atoms with Gasteiger partial charge in [-0.1, -0.05) is 115 Å². The molecule has 7 aromatic carbocycles. The van der Waals surface area contributed by atoms with Gasteiger partial charge in [-0.2, -0.15) is 0 Å². The van der Waals surface area contributed by atoms with Gasteiger partial charge in [-0.25, -0.2) is 0 Å². The highest BCUT2D eigenvalue weighted by Crippen LogP contribution is 2.49. The Morgan fingerprint density at radius 3 is 1.71 bits per heavy atom. The van der Waals surface area contributed by atoms with E-state index in [1.54, 1.807) is 0 Å². The van der Waals surface area contributed by atoms with Crippen LogP contribution in [0.15, 0.2) is 164 Å². The number of hydrogen-bond acceptors (Lipinski definition) is 3. The number of thiophene rings is 2. The monoisotopic (exact) mass is 609 g/mol. The summed E-state index contributed by atoms with van der Waals surface area (Å²) in [4.78, 5) is 2.45. The van der Waals surface area contributed by atoms with E-state index in [9.17, 15) is 0 Å². The molecule has 0 fully saturated rings. The van der Waals surface area contributed by atoms with Gasteiger partial charge in [0, 0.05) is 47.0 Å². The molecule has 0 aliphatic rings. The predicted octanol–water partition coefficient (Wildman–Crippen LogP) is 13.2. The fraction of sp³-hybridized carbons (Fsp3) is 0. The molecule has 0 saturated carbocycles. The smallest absolute Gasteiger partial charge is 0.0640 e. The normalized spacial score (nSPS) is 11.6. The first-order valence-corrected chi connectivity index (χ1v) is 16.8. The van der Waals surface area contributed by atoms with E-state index in [2.05, 4.69) is 169 Å². The molecular formula is C42H27NS2. The van der Waals surface area contributed by atoms with Crippen molar-refractivity contribution in [3.8, 4) is 22.3 Å². The van der Waals surface area contributed by atoms with Crippen LogP contribution in [0.4, 0.5) is 17.1 Å². The molecule has 2 heterocycles. The Bertz CT molecular complexity index is 2470. The van der Waals surface area contributed by atoms with Gasteiger partial charge in [0.1, 0.15) is 0 Å². The predicted molar refractivity (Wildman–Crippen MR) is 198 cm³/mol. The van der Waals surface area contributed by atoms with Crippen LogP contribution in [0.1, 0.15) is 0 Å². The van der Waals surface area contributed by atoms with Crippen molar-refractivity contribution < 1.29 is 0 Å². The molecule has 0 radical (unpaired) electrons. The maximum absolute atomic E-state index is 2.45. The van der Waals surface area contributed by atoms with Crippen LogP contribution in [-0.2, 0) is 0 Å². The summed E-state index contributed by atoms with van der Waals surface area (Å²) in [6, 6.07) is 59.6. The molecule has 0 atom stereocenters. The second kappa shape index (κ2) is 10.7. The Labute approximate surface area is 269 Å². The van der Waals surface area contributed by atoms with Crippen molar-refractivity contribution in [1.82, 2.24) is 0 Å². The molecule has 0 bridgehead atoms. The van der Waals surface area contributed by atoms with Crippen molar-refractivity contribution >= 4 is 80.1 Å². The lowest BCUT2D eigenvalue weighted by molar-refractivity contribution is 1.31. The van der Waals surface area contributed by atoms with Crippen molar-refractivity contribution in [1.29, 1.82) is 0 Å². The number of nitrogens with zero attached hydrogens (tertiary/aromatic N) is 1. The quantitative estimate of drug-likeness (QED) is 0.188. The van der Waals surface area contributed by atoms with E-state index in [-0.39, 0.29) is 0 Å². The van der Waals surface area contributed by atoms with Crippen LogP contribution in [0, 0.1) is 0 Å². The van der Waals surface area contributed by atoms with Crippen molar-refractivity contribution in [3.05, 3.63) is 164 Å². The second-order valence-electron chi connectivity index (χ2n) is 11.3. The van der Waals surface area contributed by atoms with E-state index >= 15 is 0 Å².